The van der Waals surface area contributed by atoms with Crippen molar-refractivity contribution in [3.63, 3.8) is 0 Å². The highest BCUT2D eigenvalue weighted by Gasteiger charge is 2.20. The van der Waals surface area contributed by atoms with Crippen molar-refractivity contribution in [1.82, 2.24) is 9.97 Å². The Morgan fingerprint density at radius 2 is 1.81 bits per heavy atom. The maximum atomic E-state index is 15.0. The van der Waals surface area contributed by atoms with E-state index in [1.54, 1.807) is 0 Å². The fourth-order valence-corrected chi connectivity index (χ4v) is 4.98. The Morgan fingerprint density at radius 3 is 2.45 bits per heavy atom. The molecule has 2 aromatic carbocycles. The average Bonchev–Trinajstić information content (AvgIpc) is 2.72. The molecule has 0 spiro atoms. The van der Waals surface area contributed by atoms with E-state index in [0.29, 0.717) is 5.02 Å². The summed E-state index contributed by atoms with van der Waals surface area (Å²) in [7, 11) is -3.43. The lowest BCUT2D eigenvalue weighted by Crippen LogP contribution is -2.22. The van der Waals surface area contributed by atoms with Crippen LogP contribution in [-0.2, 0) is 10.1 Å². The van der Waals surface area contributed by atoms with Gasteiger partial charge in [-0.25, -0.2) is 18.7 Å². The maximum Gasteiger partial charge on any atom is 0.286 e. The molecule has 0 bridgehead atoms. The smallest absolute Gasteiger partial charge is 0.286 e. The van der Waals surface area contributed by atoms with Crippen LogP contribution in [0.1, 0.15) is 21.7 Å². The van der Waals surface area contributed by atoms with Crippen LogP contribution >= 0.6 is 23.2 Å². The van der Waals surface area contributed by atoms with Crippen LogP contribution < -0.4 is 10.5 Å². The predicted molar refractivity (Wildman–Crippen MR) is 117 cm³/mol. The number of halogens is 4. The monoisotopic (exact) mass is 482 g/mol. The minimum atomic E-state index is -3.43. The summed E-state index contributed by atoms with van der Waals surface area (Å²) in [5.41, 5.74) is 4.47. The lowest BCUT2D eigenvalue weighted by atomic mass is 10.1. The molecule has 1 amide bonds. The molecule has 3 N–H and O–H groups in total. The number of nitrogens with one attached hydrogen (secondary N) is 1. The number of benzene rings is 2. The second kappa shape index (κ2) is 8.98. The van der Waals surface area contributed by atoms with Crippen LogP contribution in [0.25, 0.3) is 0 Å². The number of nitrogens with two attached hydrogens (primary N) is 1. The number of anilines is 1. The van der Waals surface area contributed by atoms with Crippen LogP contribution in [0.5, 0.6) is 0 Å². The van der Waals surface area contributed by atoms with Gasteiger partial charge in [0.1, 0.15) is 5.82 Å². The zero-order valence-electron chi connectivity index (χ0n) is 15.8. The number of aromatic nitrogens is 2. The van der Waals surface area contributed by atoms with E-state index in [9.17, 15) is 17.8 Å². The molecule has 0 fully saturated rings. The van der Waals surface area contributed by atoms with Crippen LogP contribution in [0.15, 0.2) is 47.6 Å². The van der Waals surface area contributed by atoms with Crippen molar-refractivity contribution in [2.75, 3.05) is 11.0 Å². The summed E-state index contributed by atoms with van der Waals surface area (Å²) in [5, 5.41) is 0.489. The molecule has 1 heterocycles. The summed E-state index contributed by atoms with van der Waals surface area (Å²) in [6.07, 6.45) is 3.73. The number of nitrogens with zero attached hydrogens (tertiary/aromatic N) is 2. The van der Waals surface area contributed by atoms with Gasteiger partial charge in [-0.1, -0.05) is 35.0 Å². The van der Waals surface area contributed by atoms with Crippen LogP contribution in [-0.4, -0.2) is 26.3 Å². The van der Waals surface area contributed by atoms with Gasteiger partial charge in [0.15, 0.2) is 5.82 Å². The van der Waals surface area contributed by atoms with Gasteiger partial charge in [-0.05, 0) is 40.5 Å². The number of primary amides is 1. The molecule has 0 saturated heterocycles. The standard InChI is InChI=1S/C20H14Cl2F2N4O2S/c1-31(30,17-8-12(21)3-5-14(17)22)28-16-7-6-15(23)13(18(16)24)4-2-11-9-26-20(19(25)29)27-10-11/h3,5-10,31H,1H3,(H2,25,29)(H,28,30). The van der Waals surface area contributed by atoms with E-state index in [-0.39, 0.29) is 27.0 Å². The fraction of sp³-hybridized carbons (Fsp3) is 0.0500. The first-order valence-corrected chi connectivity index (χ1v) is 11.4. The lowest BCUT2D eigenvalue weighted by Gasteiger charge is -2.24. The number of thiol groups is 1. The minimum absolute atomic E-state index is 0.185. The van der Waals surface area contributed by atoms with Gasteiger partial charge in [-0.15, -0.1) is 0 Å². The molecule has 160 valence electrons. The van der Waals surface area contributed by atoms with Gasteiger partial charge in [0.25, 0.3) is 5.91 Å². The summed E-state index contributed by atoms with van der Waals surface area (Å²) >= 11 is 12.0. The molecule has 1 aromatic heterocycles. The molecule has 11 heteroatoms. The maximum absolute atomic E-state index is 15.0. The Bertz CT molecular complexity index is 1290. The van der Waals surface area contributed by atoms with Crippen molar-refractivity contribution in [1.29, 1.82) is 0 Å². The molecule has 31 heavy (non-hydrogen) atoms. The van der Waals surface area contributed by atoms with Crippen molar-refractivity contribution in [2.24, 2.45) is 5.73 Å². The highest BCUT2D eigenvalue weighted by molar-refractivity contribution is 8.03. The topological polar surface area (TPSA) is 98.0 Å². The van der Waals surface area contributed by atoms with Gasteiger partial charge in [-0.2, -0.15) is 0 Å². The molecule has 0 unspecified atom stereocenters. The SMILES string of the molecule is C[SH](=O)(Nc1ccc(F)c(C#Cc2cnc(C(N)=O)nc2)c1F)c1cc(Cl)ccc1Cl. The molecule has 6 nitrogen and oxygen atoms in total. The summed E-state index contributed by atoms with van der Waals surface area (Å²) in [4.78, 5) is 18.6. The van der Waals surface area contributed by atoms with E-state index >= 15 is 0 Å². The van der Waals surface area contributed by atoms with E-state index in [4.69, 9.17) is 28.9 Å². The van der Waals surface area contributed by atoms with E-state index in [1.807, 2.05) is 0 Å². The van der Waals surface area contributed by atoms with E-state index in [1.165, 1.54) is 36.8 Å². The Hall–Kier alpha value is -3.06. The number of carbonyl (C=O) groups is 1. The van der Waals surface area contributed by atoms with Crippen LogP contribution in [0.3, 0.4) is 0 Å². The Kier molecular flexibility index (Phi) is 6.55. The normalized spacial score (nSPS) is 11.4. The number of amides is 1. The predicted octanol–water partition coefficient (Wildman–Crippen LogP) is 3.59. The molecule has 0 aliphatic rings. The minimum Gasteiger partial charge on any atom is -0.363 e. The third-order valence-electron chi connectivity index (χ3n) is 4.00. The Labute approximate surface area is 187 Å². The van der Waals surface area contributed by atoms with Gasteiger partial charge in [-0.3, -0.25) is 9.00 Å². The van der Waals surface area contributed by atoms with Crippen molar-refractivity contribution in [2.45, 2.75) is 4.90 Å². The van der Waals surface area contributed by atoms with E-state index < -0.39 is 33.2 Å². The average molecular weight is 483 g/mol. The Balaban J connectivity index is 1.95. The molecule has 3 aromatic rings. The highest BCUT2D eigenvalue weighted by atomic mass is 35.5. The van der Waals surface area contributed by atoms with Gasteiger partial charge in [0.05, 0.1) is 26.7 Å². The third kappa shape index (κ3) is 5.17. The van der Waals surface area contributed by atoms with Gasteiger partial charge in [0.2, 0.25) is 5.82 Å². The van der Waals surface area contributed by atoms with Crippen LogP contribution in [0, 0.1) is 23.5 Å². The summed E-state index contributed by atoms with van der Waals surface area (Å²) in [6.45, 7) is 0. The van der Waals surface area contributed by atoms with Gasteiger partial charge >= 0.3 is 0 Å². The lowest BCUT2D eigenvalue weighted by molar-refractivity contribution is 0.0990. The molecule has 3 rings (SSSR count). The summed E-state index contributed by atoms with van der Waals surface area (Å²) < 4.78 is 44.9. The first-order valence-electron chi connectivity index (χ1n) is 8.52. The molecular weight excluding hydrogens is 469 g/mol. The molecule has 0 aliphatic heterocycles. The zero-order chi connectivity index (χ0) is 22.8. The van der Waals surface area contributed by atoms with Crippen LogP contribution in [0.4, 0.5) is 14.5 Å². The second-order valence-corrected chi connectivity index (χ2v) is 9.72. The Morgan fingerprint density at radius 1 is 1.13 bits per heavy atom. The highest BCUT2D eigenvalue weighted by Crippen LogP contribution is 2.31. The first-order chi connectivity index (χ1) is 14.6. The van der Waals surface area contributed by atoms with Crippen molar-refractivity contribution < 1.29 is 17.8 Å². The number of hydrogen-bond acceptors (Lipinski definition) is 4. The number of hydrogen-bond donors (Lipinski definition) is 3. The number of rotatable bonds is 4. The fourth-order valence-electron chi connectivity index (χ4n) is 2.51. The van der Waals surface area contributed by atoms with E-state index in [2.05, 4.69) is 26.5 Å². The van der Waals surface area contributed by atoms with Gasteiger partial charge in [0, 0.05) is 23.7 Å². The first kappa shape index (κ1) is 22.6. The van der Waals surface area contributed by atoms with Crippen molar-refractivity contribution in [3.05, 3.63) is 81.4 Å². The summed E-state index contributed by atoms with van der Waals surface area (Å²) in [6, 6.07) is 6.51. The largest absolute Gasteiger partial charge is 0.363 e. The van der Waals surface area contributed by atoms with Crippen molar-refractivity contribution in [3.8, 4) is 11.8 Å². The second-order valence-electron chi connectivity index (χ2n) is 6.33. The molecular formula is C20H14Cl2F2N4O2S. The summed E-state index contributed by atoms with van der Waals surface area (Å²) in [5.74, 6) is 1.87. The third-order valence-corrected chi connectivity index (χ3v) is 6.65. The van der Waals surface area contributed by atoms with Gasteiger partial charge < -0.3 is 10.5 Å². The molecule has 0 radical (unpaired) electrons. The number of carbonyl (C=O) groups excluding carboxylic acids is 1. The molecule has 0 aliphatic carbocycles. The molecule has 0 saturated carbocycles. The van der Waals surface area contributed by atoms with E-state index in [0.717, 1.165) is 12.1 Å². The van der Waals surface area contributed by atoms with Crippen molar-refractivity contribution >= 4 is 44.9 Å². The zero-order valence-corrected chi connectivity index (χ0v) is 18.2. The van der Waals surface area contributed by atoms with Crippen LogP contribution in [0.2, 0.25) is 10.0 Å². The quantitative estimate of drug-likeness (QED) is 0.390. The molecule has 0 atom stereocenters.